The van der Waals surface area contributed by atoms with Gasteiger partial charge in [-0.1, -0.05) is 6.07 Å². The van der Waals surface area contributed by atoms with Crippen molar-refractivity contribution in [1.82, 2.24) is 5.32 Å². The van der Waals surface area contributed by atoms with Gasteiger partial charge in [-0.15, -0.1) is 0 Å². The topological polar surface area (TPSA) is 105 Å². The molecule has 3 rings (SSSR count). The van der Waals surface area contributed by atoms with Crippen molar-refractivity contribution in [2.24, 2.45) is 0 Å². The largest absolute Gasteiger partial charge is 0.496 e. The zero-order valence-corrected chi connectivity index (χ0v) is 14.2. The summed E-state index contributed by atoms with van der Waals surface area (Å²) in [7, 11) is 1.40. The minimum absolute atomic E-state index is 0.0246. The standard InChI is InChI=1S/C19H18N2O5/c1-26-16-6-2-11(8-14(16)19(24)25)10-20-18(23)13-3-5-15-12(9-13)4-7-17(22)21-15/h2-3,5-6,8-9H,4,7,10H2,1H3,(H,20,23)(H,21,22)(H,24,25). The minimum atomic E-state index is -1.09. The van der Waals surface area contributed by atoms with Crippen LogP contribution in [0.4, 0.5) is 5.69 Å². The minimum Gasteiger partial charge on any atom is -0.496 e. The molecule has 0 spiro atoms. The van der Waals surface area contributed by atoms with Crippen molar-refractivity contribution in [2.75, 3.05) is 12.4 Å². The number of aryl methyl sites for hydroxylation is 1. The van der Waals surface area contributed by atoms with Crippen LogP contribution in [0.15, 0.2) is 36.4 Å². The van der Waals surface area contributed by atoms with E-state index in [0.29, 0.717) is 24.0 Å². The molecule has 1 aliphatic heterocycles. The lowest BCUT2D eigenvalue weighted by molar-refractivity contribution is -0.116. The van der Waals surface area contributed by atoms with Crippen LogP contribution < -0.4 is 15.4 Å². The van der Waals surface area contributed by atoms with Crippen LogP contribution in [-0.2, 0) is 17.8 Å². The summed E-state index contributed by atoms with van der Waals surface area (Å²) in [6.07, 6.45) is 1.00. The molecule has 0 unspecified atom stereocenters. The van der Waals surface area contributed by atoms with E-state index >= 15 is 0 Å². The number of benzene rings is 2. The van der Waals surface area contributed by atoms with E-state index in [0.717, 1.165) is 11.3 Å². The van der Waals surface area contributed by atoms with Crippen LogP contribution in [0.1, 0.15) is 38.3 Å². The number of hydrogen-bond donors (Lipinski definition) is 3. The highest BCUT2D eigenvalue weighted by molar-refractivity contribution is 5.98. The smallest absolute Gasteiger partial charge is 0.339 e. The lowest BCUT2D eigenvalue weighted by atomic mass is 10.00. The Balaban J connectivity index is 1.70. The molecule has 0 atom stereocenters. The molecule has 3 N–H and O–H groups in total. The van der Waals surface area contributed by atoms with Gasteiger partial charge in [0.1, 0.15) is 11.3 Å². The number of ether oxygens (including phenoxy) is 1. The molecule has 0 saturated heterocycles. The van der Waals surface area contributed by atoms with Gasteiger partial charge in [0.15, 0.2) is 0 Å². The second-order valence-corrected chi connectivity index (χ2v) is 5.94. The maximum Gasteiger partial charge on any atom is 0.339 e. The molecular formula is C19H18N2O5. The van der Waals surface area contributed by atoms with Gasteiger partial charge in [-0.25, -0.2) is 4.79 Å². The quantitative estimate of drug-likeness (QED) is 0.763. The maximum atomic E-state index is 12.4. The molecule has 0 saturated carbocycles. The van der Waals surface area contributed by atoms with Gasteiger partial charge in [-0.3, -0.25) is 9.59 Å². The fourth-order valence-electron chi connectivity index (χ4n) is 2.84. The molecule has 1 aliphatic rings. The Kier molecular flexibility index (Phi) is 4.88. The van der Waals surface area contributed by atoms with Crippen molar-refractivity contribution < 1.29 is 24.2 Å². The Morgan fingerprint density at radius 2 is 2.00 bits per heavy atom. The average molecular weight is 354 g/mol. The second kappa shape index (κ2) is 7.26. The fourth-order valence-corrected chi connectivity index (χ4v) is 2.84. The molecular weight excluding hydrogens is 336 g/mol. The summed E-state index contributed by atoms with van der Waals surface area (Å²) in [5, 5.41) is 14.8. The molecule has 2 aromatic rings. The van der Waals surface area contributed by atoms with Crippen molar-refractivity contribution in [3.05, 3.63) is 58.7 Å². The van der Waals surface area contributed by atoms with Crippen LogP contribution in [0.3, 0.4) is 0 Å². The Morgan fingerprint density at radius 3 is 2.73 bits per heavy atom. The molecule has 2 aromatic carbocycles. The first-order valence-electron chi connectivity index (χ1n) is 8.09. The van der Waals surface area contributed by atoms with E-state index in [9.17, 15) is 19.5 Å². The van der Waals surface area contributed by atoms with Gasteiger partial charge in [0.2, 0.25) is 5.91 Å². The van der Waals surface area contributed by atoms with Crippen molar-refractivity contribution in [1.29, 1.82) is 0 Å². The Labute approximate surface area is 150 Å². The van der Waals surface area contributed by atoms with Crippen LogP contribution in [0.5, 0.6) is 5.75 Å². The molecule has 0 fully saturated rings. The van der Waals surface area contributed by atoms with Gasteiger partial charge in [0.05, 0.1) is 7.11 Å². The van der Waals surface area contributed by atoms with Crippen molar-refractivity contribution in [3.63, 3.8) is 0 Å². The van der Waals surface area contributed by atoms with Crippen LogP contribution in [0, 0.1) is 0 Å². The van der Waals surface area contributed by atoms with Gasteiger partial charge in [-0.2, -0.15) is 0 Å². The molecule has 1 heterocycles. The Morgan fingerprint density at radius 1 is 1.19 bits per heavy atom. The number of carboxylic acids is 1. The molecule has 134 valence electrons. The normalized spacial score (nSPS) is 12.7. The molecule has 0 aromatic heterocycles. The molecule has 0 aliphatic carbocycles. The van der Waals surface area contributed by atoms with Crippen LogP contribution in [-0.4, -0.2) is 30.0 Å². The van der Waals surface area contributed by atoms with E-state index in [4.69, 9.17) is 4.74 Å². The first kappa shape index (κ1) is 17.5. The third-order valence-corrected chi connectivity index (χ3v) is 4.21. The molecule has 7 nitrogen and oxygen atoms in total. The molecule has 26 heavy (non-hydrogen) atoms. The van der Waals surface area contributed by atoms with Gasteiger partial charge >= 0.3 is 5.97 Å². The highest BCUT2D eigenvalue weighted by atomic mass is 16.5. The summed E-state index contributed by atoms with van der Waals surface area (Å²) in [5.41, 5.74) is 2.85. The first-order valence-corrected chi connectivity index (χ1v) is 8.09. The summed E-state index contributed by atoms with van der Waals surface area (Å²) < 4.78 is 5.02. The number of hydrogen-bond acceptors (Lipinski definition) is 4. The Hall–Kier alpha value is -3.35. The summed E-state index contributed by atoms with van der Waals surface area (Å²) in [6.45, 7) is 0.191. The van der Waals surface area contributed by atoms with Crippen LogP contribution in [0.2, 0.25) is 0 Å². The first-order chi connectivity index (χ1) is 12.5. The molecule has 2 amide bonds. The van der Waals surface area contributed by atoms with Crippen molar-refractivity contribution >= 4 is 23.5 Å². The number of fused-ring (bicyclic) bond motifs is 1. The average Bonchev–Trinajstić information content (AvgIpc) is 2.65. The zero-order chi connectivity index (χ0) is 18.7. The van der Waals surface area contributed by atoms with Crippen molar-refractivity contribution in [2.45, 2.75) is 19.4 Å². The number of rotatable bonds is 5. The van der Waals surface area contributed by atoms with E-state index in [-0.39, 0.29) is 29.7 Å². The van der Waals surface area contributed by atoms with Crippen LogP contribution >= 0.6 is 0 Å². The number of methoxy groups -OCH3 is 1. The van der Waals surface area contributed by atoms with Gasteiger partial charge in [-0.05, 0) is 47.9 Å². The van der Waals surface area contributed by atoms with Crippen molar-refractivity contribution in [3.8, 4) is 5.75 Å². The molecule has 0 radical (unpaired) electrons. The number of nitrogens with one attached hydrogen (secondary N) is 2. The van der Waals surface area contributed by atoms with E-state index in [1.165, 1.54) is 13.2 Å². The van der Waals surface area contributed by atoms with E-state index in [1.807, 2.05) is 0 Å². The van der Waals surface area contributed by atoms with E-state index in [2.05, 4.69) is 10.6 Å². The third kappa shape index (κ3) is 3.66. The number of anilines is 1. The lowest BCUT2D eigenvalue weighted by Crippen LogP contribution is -2.24. The number of amides is 2. The maximum absolute atomic E-state index is 12.4. The highest BCUT2D eigenvalue weighted by Gasteiger charge is 2.17. The summed E-state index contributed by atoms with van der Waals surface area (Å²) in [4.78, 5) is 35.0. The SMILES string of the molecule is COc1ccc(CNC(=O)c2ccc3c(c2)CCC(=O)N3)cc1C(=O)O. The van der Waals surface area contributed by atoms with Gasteiger partial charge < -0.3 is 20.5 Å². The summed E-state index contributed by atoms with van der Waals surface area (Å²) in [5.74, 6) is -1.11. The van der Waals surface area contributed by atoms with Gasteiger partial charge in [0, 0.05) is 24.2 Å². The predicted molar refractivity (Wildman–Crippen MR) is 94.5 cm³/mol. The number of carbonyl (C=O) groups excluding carboxylic acids is 2. The predicted octanol–water partition coefficient (Wildman–Crippen LogP) is 2.21. The third-order valence-electron chi connectivity index (χ3n) is 4.21. The summed E-state index contributed by atoms with van der Waals surface area (Å²) >= 11 is 0. The zero-order valence-electron chi connectivity index (χ0n) is 14.2. The number of carboxylic acid groups (broad SMARTS) is 1. The van der Waals surface area contributed by atoms with E-state index in [1.54, 1.807) is 30.3 Å². The summed E-state index contributed by atoms with van der Waals surface area (Å²) in [6, 6.07) is 9.87. The van der Waals surface area contributed by atoms with Gasteiger partial charge in [0.25, 0.3) is 5.91 Å². The van der Waals surface area contributed by atoms with E-state index < -0.39 is 5.97 Å². The lowest BCUT2D eigenvalue weighted by Gasteiger charge is -2.17. The Bertz CT molecular complexity index is 891. The van der Waals surface area contributed by atoms with Crippen LogP contribution in [0.25, 0.3) is 0 Å². The number of carbonyl (C=O) groups is 3. The highest BCUT2D eigenvalue weighted by Crippen LogP contribution is 2.24. The fraction of sp³-hybridized carbons (Fsp3) is 0.211. The molecule has 7 heteroatoms. The monoisotopic (exact) mass is 354 g/mol. The molecule has 0 bridgehead atoms. The number of aromatic carboxylic acids is 1. The second-order valence-electron chi connectivity index (χ2n) is 5.94.